The fourth-order valence-corrected chi connectivity index (χ4v) is 4.95. The summed E-state index contributed by atoms with van der Waals surface area (Å²) >= 11 is 0. The lowest BCUT2D eigenvalue weighted by molar-refractivity contribution is 0.574. The average molecular weight is 374 g/mol. The molecule has 0 saturated heterocycles. The molecule has 0 bridgehead atoms. The maximum absolute atomic E-state index is 6.42. The van der Waals surface area contributed by atoms with Gasteiger partial charge in [0.2, 0.25) is 5.36 Å². The first-order chi connectivity index (χ1) is 13.8. The van der Waals surface area contributed by atoms with Crippen LogP contribution in [0.1, 0.15) is 37.8 Å². The van der Waals surface area contributed by atoms with Gasteiger partial charge >= 0.3 is 0 Å². The van der Waals surface area contributed by atoms with Crippen LogP contribution in [0.5, 0.6) is 0 Å². The molecule has 1 aliphatic carbocycles. The Balaban J connectivity index is 1.64. The van der Waals surface area contributed by atoms with Gasteiger partial charge in [0, 0.05) is 36.0 Å². The van der Waals surface area contributed by atoms with Gasteiger partial charge in [-0.3, -0.25) is 0 Å². The Morgan fingerprint density at radius 2 is 1.50 bits per heavy atom. The number of rotatable bonds is 3. The van der Waals surface area contributed by atoms with Crippen molar-refractivity contribution in [1.29, 1.82) is 0 Å². The van der Waals surface area contributed by atoms with Gasteiger partial charge in [0.1, 0.15) is 24.6 Å². The number of aryl methyl sites for hydroxylation is 2. The third-order valence-corrected chi connectivity index (χ3v) is 6.38. The van der Waals surface area contributed by atoms with Crippen molar-refractivity contribution < 1.29 is 4.42 Å². The van der Waals surface area contributed by atoms with Gasteiger partial charge in [0.05, 0.1) is 6.07 Å². The minimum absolute atomic E-state index is 0.967. The lowest BCUT2D eigenvalue weighted by atomic mass is 9.89. The first-order valence-corrected chi connectivity index (χ1v) is 10.8. The van der Waals surface area contributed by atoms with Crippen molar-refractivity contribution >= 4 is 5.69 Å². The first-order valence-electron chi connectivity index (χ1n) is 10.8. The van der Waals surface area contributed by atoms with Crippen LogP contribution in [0.3, 0.4) is 0 Å². The second kappa shape index (κ2) is 7.12. The van der Waals surface area contributed by atoms with Crippen molar-refractivity contribution in [2.24, 2.45) is 0 Å². The molecule has 0 radical (unpaired) electrons. The van der Waals surface area contributed by atoms with E-state index < -0.39 is 0 Å². The number of nitrogens with zero attached hydrogens (tertiary/aromatic N) is 2. The molecule has 0 fully saturated rings. The summed E-state index contributed by atoms with van der Waals surface area (Å²) in [5, 5.41) is 1.23. The van der Waals surface area contributed by atoms with Crippen molar-refractivity contribution in [1.82, 2.24) is 4.58 Å². The number of anilines is 1. The summed E-state index contributed by atoms with van der Waals surface area (Å²) in [4.78, 5) is 2.59. The molecule has 0 atom stereocenters. The predicted octanol–water partition coefficient (Wildman–Crippen LogP) is 4.56. The van der Waals surface area contributed by atoms with E-state index in [-0.39, 0.29) is 0 Å². The number of hydrogen-bond donors (Lipinski definition) is 0. The Morgan fingerprint density at radius 3 is 2.18 bits per heavy atom. The van der Waals surface area contributed by atoms with E-state index in [0.717, 1.165) is 30.2 Å². The number of fused-ring (bicyclic) bond motifs is 1. The number of benzene rings is 2. The topological polar surface area (TPSA) is 19.4 Å². The average Bonchev–Trinajstić information content (AvgIpc) is 2.74. The lowest BCUT2D eigenvalue weighted by Gasteiger charge is -2.37. The molecule has 3 aliphatic heterocycles. The van der Waals surface area contributed by atoms with Crippen LogP contribution in [0.2, 0.25) is 0 Å². The Kier molecular flexibility index (Phi) is 4.46. The van der Waals surface area contributed by atoms with Crippen molar-refractivity contribution in [2.45, 2.75) is 39.5 Å². The summed E-state index contributed by atoms with van der Waals surface area (Å²) in [7, 11) is 0. The molecule has 28 heavy (non-hydrogen) atoms. The number of hydrogen-bond acceptors (Lipinski definition) is 2. The third kappa shape index (κ3) is 2.94. The fourth-order valence-electron chi connectivity index (χ4n) is 4.95. The van der Waals surface area contributed by atoms with Crippen LogP contribution in [-0.2, 0) is 12.8 Å². The predicted molar refractivity (Wildman–Crippen MR) is 116 cm³/mol. The van der Waals surface area contributed by atoms with Crippen LogP contribution in [0.4, 0.5) is 5.69 Å². The monoisotopic (exact) mass is 373 g/mol. The van der Waals surface area contributed by atoms with Crippen molar-refractivity contribution in [3.8, 4) is 22.6 Å². The highest BCUT2D eigenvalue weighted by Crippen LogP contribution is 2.39. The van der Waals surface area contributed by atoms with Gasteiger partial charge in [-0.05, 0) is 81.0 Å². The van der Waals surface area contributed by atoms with Gasteiger partial charge in [-0.15, -0.1) is 0 Å². The highest BCUT2D eigenvalue weighted by Gasteiger charge is 2.25. The van der Waals surface area contributed by atoms with Crippen molar-refractivity contribution in [3.63, 3.8) is 0 Å². The zero-order chi connectivity index (χ0) is 19.1. The van der Waals surface area contributed by atoms with Crippen LogP contribution in [0.15, 0.2) is 46.9 Å². The van der Waals surface area contributed by atoms with Gasteiger partial charge in [-0.2, -0.15) is 0 Å². The molecule has 0 saturated carbocycles. The largest absolute Gasteiger partial charge is 0.456 e. The van der Waals surface area contributed by atoms with E-state index in [4.69, 9.17) is 4.42 Å². The molecular weight excluding hydrogens is 344 g/mol. The molecule has 0 amide bonds. The highest BCUT2D eigenvalue weighted by atomic mass is 16.3. The Morgan fingerprint density at radius 1 is 0.821 bits per heavy atom. The van der Waals surface area contributed by atoms with Crippen LogP contribution < -0.4 is 14.8 Å². The van der Waals surface area contributed by atoms with E-state index in [9.17, 15) is 0 Å². The van der Waals surface area contributed by atoms with E-state index in [0.29, 0.717) is 0 Å². The molecule has 144 valence electrons. The highest BCUT2D eigenvalue weighted by molar-refractivity contribution is 5.73. The molecule has 3 nitrogen and oxygen atoms in total. The molecule has 0 unspecified atom stereocenters. The molecule has 0 aromatic heterocycles. The molecule has 3 heterocycles. The quantitative estimate of drug-likeness (QED) is 0.627. The van der Waals surface area contributed by atoms with E-state index in [2.05, 4.69) is 65.8 Å². The first kappa shape index (κ1) is 17.5. The van der Waals surface area contributed by atoms with Gasteiger partial charge in [-0.25, -0.2) is 4.58 Å². The molecule has 0 N–H and O–H groups in total. The molecule has 3 heteroatoms. The van der Waals surface area contributed by atoms with Crippen LogP contribution in [0.25, 0.3) is 22.6 Å². The summed E-state index contributed by atoms with van der Waals surface area (Å²) in [5.74, 6) is 1.95. The Hall–Kier alpha value is -2.55. The van der Waals surface area contributed by atoms with Gasteiger partial charge < -0.3 is 9.32 Å². The normalized spacial score (nSPS) is 15.6. The smallest absolute Gasteiger partial charge is 0.203 e. The van der Waals surface area contributed by atoms with Crippen molar-refractivity contribution in [3.05, 3.63) is 58.9 Å². The molecule has 5 rings (SSSR count). The fraction of sp³-hybridized carbons (Fsp3) is 0.400. The van der Waals surface area contributed by atoms with Crippen LogP contribution in [0, 0.1) is 0 Å². The maximum atomic E-state index is 6.42. The molecular formula is C25H29N2O+. The third-order valence-electron chi connectivity index (χ3n) is 6.38. The minimum Gasteiger partial charge on any atom is -0.456 e. The maximum Gasteiger partial charge on any atom is 0.203 e. The Bertz CT molecular complexity index is 1030. The SMILES string of the molecule is CC[N+](CC)=c1ccc2ccc(-c3cc4c5c(c3)CCCN5CCC4)oc-2c1. The van der Waals surface area contributed by atoms with E-state index in [1.165, 1.54) is 66.5 Å². The zero-order valence-corrected chi connectivity index (χ0v) is 17.0. The van der Waals surface area contributed by atoms with Gasteiger partial charge in [0.25, 0.3) is 0 Å². The Labute approximate surface area is 167 Å². The summed E-state index contributed by atoms with van der Waals surface area (Å²) in [6.45, 7) is 8.84. The van der Waals surface area contributed by atoms with E-state index in [1.54, 1.807) is 0 Å². The summed E-state index contributed by atoms with van der Waals surface area (Å²) in [6.07, 6.45) is 4.90. The minimum atomic E-state index is 0.967. The second-order valence-electron chi connectivity index (χ2n) is 8.03. The van der Waals surface area contributed by atoms with Crippen molar-refractivity contribution in [2.75, 3.05) is 31.1 Å². The van der Waals surface area contributed by atoms with Crippen LogP contribution >= 0.6 is 0 Å². The summed E-state index contributed by atoms with van der Waals surface area (Å²) in [6, 6.07) is 15.6. The van der Waals surface area contributed by atoms with Gasteiger partial charge in [0.15, 0.2) is 0 Å². The molecule has 1 aromatic rings. The molecule has 4 aliphatic rings. The van der Waals surface area contributed by atoms with Gasteiger partial charge in [-0.1, -0.05) is 0 Å². The second-order valence-corrected chi connectivity index (χ2v) is 8.03. The van der Waals surface area contributed by atoms with E-state index in [1.807, 2.05) is 0 Å². The van der Waals surface area contributed by atoms with Crippen LogP contribution in [-0.4, -0.2) is 26.2 Å². The zero-order valence-electron chi connectivity index (χ0n) is 17.0. The molecule has 0 spiro atoms. The lowest BCUT2D eigenvalue weighted by Crippen LogP contribution is -2.34. The van der Waals surface area contributed by atoms with E-state index >= 15 is 0 Å². The summed E-state index contributed by atoms with van der Waals surface area (Å²) < 4.78 is 8.78. The summed E-state index contributed by atoms with van der Waals surface area (Å²) in [5.41, 5.74) is 6.92. The standard InChI is InChI=1S/C25H29N2O/c1-3-26(4-2)22-11-9-18-10-12-23(28-24(18)17-22)21-15-19-7-5-13-27-14-6-8-20(16-21)25(19)27/h9-12,15-17H,3-8,13-14H2,1-2H3/q+1. The molecule has 1 aromatic carbocycles.